The number of nitrogens with one attached hydrogen (secondary N) is 1. The summed E-state index contributed by atoms with van der Waals surface area (Å²) in [5.41, 5.74) is 1.28. The van der Waals surface area contributed by atoms with Gasteiger partial charge >= 0.3 is 0 Å². The average Bonchev–Trinajstić information content (AvgIpc) is 3.33. The summed E-state index contributed by atoms with van der Waals surface area (Å²) in [6.45, 7) is 4.35. The smallest absolute Gasteiger partial charge is 0.258 e. The van der Waals surface area contributed by atoms with Crippen LogP contribution in [0.25, 0.3) is 16.9 Å². The number of hydrogen-bond acceptors (Lipinski definition) is 5. The number of anilines is 1. The Labute approximate surface area is 160 Å². The third-order valence-corrected chi connectivity index (χ3v) is 6.56. The normalized spacial score (nSPS) is 11.6. The summed E-state index contributed by atoms with van der Waals surface area (Å²) in [7, 11) is -3.74. The van der Waals surface area contributed by atoms with Crippen molar-refractivity contribution in [1.29, 1.82) is 0 Å². The van der Waals surface area contributed by atoms with Crippen molar-refractivity contribution in [2.24, 2.45) is 0 Å². The Balaban J connectivity index is 1.85. The maximum Gasteiger partial charge on any atom is 0.272 e. The first kappa shape index (κ1) is 17.4. The average molecular weight is 398 g/mol. The van der Waals surface area contributed by atoms with Gasteiger partial charge in [-0.05, 0) is 23.6 Å². The van der Waals surface area contributed by atoms with Gasteiger partial charge in [0.15, 0.2) is 0 Å². The van der Waals surface area contributed by atoms with Crippen LogP contribution in [-0.4, -0.2) is 23.0 Å². The highest BCUT2D eigenvalue weighted by molar-refractivity contribution is 7.94. The molecule has 0 amide bonds. The van der Waals surface area contributed by atoms with Crippen LogP contribution in [0.3, 0.4) is 0 Å². The first-order chi connectivity index (χ1) is 13.1. The molecule has 7 nitrogen and oxygen atoms in total. The highest BCUT2D eigenvalue weighted by Crippen LogP contribution is 2.24. The predicted molar refractivity (Wildman–Crippen MR) is 104 cm³/mol. The molecule has 0 fully saturated rings. The Bertz CT molecular complexity index is 1210. The molecule has 4 rings (SSSR count). The topological polar surface area (TPSA) is 80.8 Å². The van der Waals surface area contributed by atoms with E-state index in [4.69, 9.17) is 0 Å². The standard InChI is InChI=1S/C18H16N5O2S2/c1-2-9-22-10-11-23(13-22)18-17(19-14-6-3-4-7-15(14)20-18)21-27(24,25)16-8-5-12-26-16/h2-8,10-13H,1,9H2,(H,19,21)/q+1. The van der Waals surface area contributed by atoms with Crippen LogP contribution in [0, 0.1) is 0 Å². The van der Waals surface area contributed by atoms with Crippen molar-refractivity contribution in [3.8, 4) is 5.82 Å². The van der Waals surface area contributed by atoms with Gasteiger partial charge in [-0.3, -0.25) is 4.72 Å². The summed E-state index contributed by atoms with van der Waals surface area (Å²) in [6.07, 6.45) is 7.24. The summed E-state index contributed by atoms with van der Waals surface area (Å²) in [5, 5.41) is 1.71. The number of imidazole rings is 1. The molecule has 0 unspecified atom stereocenters. The number of para-hydroxylation sites is 2. The lowest BCUT2D eigenvalue weighted by Gasteiger charge is -2.09. The molecule has 4 aromatic rings. The maximum atomic E-state index is 12.7. The summed E-state index contributed by atoms with van der Waals surface area (Å²) in [6, 6.07) is 10.6. The van der Waals surface area contributed by atoms with E-state index in [1.807, 2.05) is 35.3 Å². The van der Waals surface area contributed by atoms with E-state index in [2.05, 4.69) is 21.3 Å². The summed E-state index contributed by atoms with van der Waals surface area (Å²) in [5.74, 6) is 0.570. The second kappa shape index (κ2) is 6.93. The molecule has 0 bridgehead atoms. The Kier molecular flexibility index (Phi) is 4.46. The molecule has 0 aliphatic heterocycles. The molecule has 0 aliphatic carbocycles. The van der Waals surface area contributed by atoms with E-state index in [1.165, 1.54) is 0 Å². The van der Waals surface area contributed by atoms with Crippen molar-refractivity contribution >= 4 is 38.2 Å². The Hall–Kier alpha value is -3.04. The highest BCUT2D eigenvalue weighted by Gasteiger charge is 2.23. The van der Waals surface area contributed by atoms with Gasteiger partial charge in [-0.25, -0.2) is 23.0 Å². The van der Waals surface area contributed by atoms with Crippen molar-refractivity contribution in [3.63, 3.8) is 0 Å². The minimum Gasteiger partial charge on any atom is -0.258 e. The van der Waals surface area contributed by atoms with E-state index >= 15 is 0 Å². The molecule has 0 saturated carbocycles. The fourth-order valence-electron chi connectivity index (χ4n) is 2.61. The number of thiophene rings is 1. The molecule has 0 radical (unpaired) electrons. The van der Waals surface area contributed by atoms with Gasteiger partial charge in [0.1, 0.15) is 23.1 Å². The molecular formula is C18H16N5O2S2+. The van der Waals surface area contributed by atoms with E-state index < -0.39 is 10.0 Å². The zero-order valence-corrected chi connectivity index (χ0v) is 15.8. The molecular weight excluding hydrogens is 382 g/mol. The molecule has 3 heterocycles. The number of fused-ring (bicyclic) bond motifs is 1. The minimum atomic E-state index is -3.74. The number of rotatable bonds is 6. The van der Waals surface area contributed by atoms with Gasteiger partial charge in [-0.1, -0.05) is 30.9 Å². The van der Waals surface area contributed by atoms with E-state index in [0.717, 1.165) is 11.3 Å². The molecule has 1 aromatic carbocycles. The molecule has 1 N–H and O–H groups in total. The van der Waals surface area contributed by atoms with Crippen LogP contribution >= 0.6 is 11.3 Å². The summed E-state index contributed by atoms with van der Waals surface area (Å²) >= 11 is 1.14. The number of nitrogens with zero attached hydrogens (tertiary/aromatic N) is 4. The van der Waals surface area contributed by atoms with Crippen LogP contribution in [0.15, 0.2) is 77.4 Å². The first-order valence-corrected chi connectivity index (χ1v) is 10.4. The second-order valence-corrected chi connectivity index (χ2v) is 8.59. The molecule has 0 aliphatic rings. The molecule has 0 saturated heterocycles. The minimum absolute atomic E-state index is 0.170. The second-order valence-electron chi connectivity index (χ2n) is 5.73. The van der Waals surface area contributed by atoms with Gasteiger partial charge in [0.25, 0.3) is 22.2 Å². The van der Waals surface area contributed by atoms with Crippen molar-refractivity contribution in [3.05, 3.63) is 73.2 Å². The monoisotopic (exact) mass is 398 g/mol. The van der Waals surface area contributed by atoms with Crippen molar-refractivity contribution in [2.45, 2.75) is 10.8 Å². The van der Waals surface area contributed by atoms with Crippen molar-refractivity contribution in [1.82, 2.24) is 14.5 Å². The van der Waals surface area contributed by atoms with Crippen LogP contribution in [0.5, 0.6) is 0 Å². The summed E-state index contributed by atoms with van der Waals surface area (Å²) < 4.78 is 31.8. The van der Waals surface area contributed by atoms with Gasteiger partial charge in [-0.2, -0.15) is 4.57 Å². The number of benzene rings is 1. The number of aromatic nitrogens is 4. The molecule has 3 aromatic heterocycles. The fraction of sp³-hybridized carbons (Fsp3) is 0.0556. The van der Waals surface area contributed by atoms with E-state index in [0.29, 0.717) is 23.4 Å². The third-order valence-electron chi connectivity index (χ3n) is 3.82. The number of allylic oxidation sites excluding steroid dienone is 1. The molecule has 0 spiro atoms. The molecule has 9 heteroatoms. The number of hydrogen-bond donors (Lipinski definition) is 1. The maximum absolute atomic E-state index is 12.7. The van der Waals surface area contributed by atoms with Gasteiger partial charge in [0.05, 0.1) is 11.0 Å². The predicted octanol–water partition coefficient (Wildman–Crippen LogP) is 2.76. The van der Waals surface area contributed by atoms with Crippen LogP contribution in [0.4, 0.5) is 5.82 Å². The highest BCUT2D eigenvalue weighted by atomic mass is 32.2. The summed E-state index contributed by atoms with van der Waals surface area (Å²) in [4.78, 5) is 9.13. The Morgan fingerprint density at radius 3 is 2.67 bits per heavy atom. The van der Waals surface area contributed by atoms with Gasteiger partial charge in [0.2, 0.25) is 5.82 Å². The van der Waals surface area contributed by atoms with E-state index in [-0.39, 0.29) is 10.0 Å². The van der Waals surface area contributed by atoms with Crippen LogP contribution in [-0.2, 0) is 16.6 Å². The molecule has 0 atom stereocenters. The fourth-order valence-corrected chi connectivity index (χ4v) is 4.61. The lowest BCUT2D eigenvalue weighted by atomic mass is 10.3. The van der Waals surface area contributed by atoms with E-state index in [9.17, 15) is 8.42 Å². The lowest BCUT2D eigenvalue weighted by molar-refractivity contribution is -0.686. The van der Waals surface area contributed by atoms with Crippen molar-refractivity contribution in [2.75, 3.05) is 4.72 Å². The van der Waals surface area contributed by atoms with Crippen LogP contribution < -0.4 is 9.29 Å². The molecule has 27 heavy (non-hydrogen) atoms. The zero-order valence-electron chi connectivity index (χ0n) is 14.2. The number of sulfonamides is 1. The lowest BCUT2D eigenvalue weighted by Crippen LogP contribution is -2.29. The van der Waals surface area contributed by atoms with Gasteiger partial charge in [-0.15, -0.1) is 11.3 Å². The third kappa shape index (κ3) is 3.46. The quantitative estimate of drug-likeness (QED) is 0.400. The van der Waals surface area contributed by atoms with Crippen LogP contribution in [0.1, 0.15) is 0 Å². The zero-order chi connectivity index (χ0) is 18.9. The van der Waals surface area contributed by atoms with Crippen molar-refractivity contribution < 1.29 is 13.0 Å². The van der Waals surface area contributed by atoms with Gasteiger partial charge < -0.3 is 0 Å². The van der Waals surface area contributed by atoms with E-state index in [1.54, 1.807) is 40.4 Å². The Morgan fingerprint density at radius 2 is 1.96 bits per heavy atom. The SMILES string of the molecule is C=CC[n+]1ccn(-c2nc3ccccc3nc2NS(=O)(=O)c2cccs2)c1. The molecule has 136 valence electrons. The Morgan fingerprint density at radius 1 is 1.19 bits per heavy atom. The van der Waals surface area contributed by atoms with Gasteiger partial charge in [0, 0.05) is 0 Å². The van der Waals surface area contributed by atoms with Crippen LogP contribution in [0.2, 0.25) is 0 Å². The largest absolute Gasteiger partial charge is 0.272 e. The first-order valence-electron chi connectivity index (χ1n) is 8.08.